The molecule has 1 aliphatic carbocycles. The second-order valence-electron chi connectivity index (χ2n) is 5.72. The number of aliphatic hydroxyl groups excluding tert-OH is 1. The van der Waals surface area contributed by atoms with Crippen molar-refractivity contribution in [2.75, 3.05) is 13.2 Å². The van der Waals surface area contributed by atoms with E-state index < -0.39 is 0 Å². The maximum atomic E-state index is 12.2. The summed E-state index contributed by atoms with van der Waals surface area (Å²) in [6.45, 7) is 0.840. The molecule has 6 heteroatoms. The van der Waals surface area contributed by atoms with Crippen molar-refractivity contribution in [3.05, 3.63) is 23.8 Å². The normalized spacial score (nSPS) is 22.3. The fraction of sp³-hybridized carbons (Fsp3) is 0.533. The van der Waals surface area contributed by atoms with E-state index >= 15 is 0 Å². The van der Waals surface area contributed by atoms with E-state index in [0.717, 1.165) is 18.4 Å². The van der Waals surface area contributed by atoms with E-state index in [9.17, 15) is 9.90 Å². The van der Waals surface area contributed by atoms with Gasteiger partial charge in [0.1, 0.15) is 11.0 Å². The Bertz CT molecular complexity index is 625. The molecule has 1 fully saturated rings. The molecule has 0 saturated heterocycles. The van der Waals surface area contributed by atoms with Crippen molar-refractivity contribution in [3.63, 3.8) is 0 Å². The van der Waals surface area contributed by atoms with Gasteiger partial charge in [0.2, 0.25) is 0 Å². The third kappa shape index (κ3) is 3.05. The lowest BCUT2D eigenvalue weighted by Gasteiger charge is -2.30. The molecule has 3 N–H and O–H groups in total. The van der Waals surface area contributed by atoms with Crippen molar-refractivity contribution >= 4 is 16.9 Å². The minimum absolute atomic E-state index is 0.0952. The van der Waals surface area contributed by atoms with Crippen LogP contribution in [0, 0.1) is 11.8 Å². The second kappa shape index (κ2) is 6.22. The van der Waals surface area contributed by atoms with Crippen molar-refractivity contribution in [2.45, 2.75) is 25.7 Å². The number of nitrogens with one attached hydrogen (secondary N) is 2. The van der Waals surface area contributed by atoms with Crippen molar-refractivity contribution in [1.29, 1.82) is 0 Å². The standard InChI is InChI=1S/C15H20N4O2/c20-9-12-4-2-1-3-11(12)8-16-15(21)10-5-6-13-14(7-10)18-19-17-13/h5-7,11-12,20H,1-4,8-9H2,(H,16,21)(H,17,18,19). The number of H-pyrrole nitrogens is 1. The molecule has 1 aromatic heterocycles. The number of hydrogen-bond donors (Lipinski definition) is 3. The Morgan fingerprint density at radius 3 is 2.81 bits per heavy atom. The van der Waals surface area contributed by atoms with E-state index in [2.05, 4.69) is 20.7 Å². The quantitative estimate of drug-likeness (QED) is 0.795. The Kier molecular flexibility index (Phi) is 4.15. The molecule has 112 valence electrons. The van der Waals surface area contributed by atoms with Crippen LogP contribution in [0.2, 0.25) is 0 Å². The molecular formula is C15H20N4O2. The molecular weight excluding hydrogens is 268 g/mol. The highest BCUT2D eigenvalue weighted by Crippen LogP contribution is 2.29. The molecule has 2 atom stereocenters. The number of carbonyl (C=O) groups excluding carboxylic acids is 1. The van der Waals surface area contributed by atoms with Crippen LogP contribution in [0.1, 0.15) is 36.0 Å². The molecule has 1 aliphatic rings. The number of amides is 1. The smallest absolute Gasteiger partial charge is 0.251 e. The monoisotopic (exact) mass is 288 g/mol. The van der Waals surface area contributed by atoms with Gasteiger partial charge >= 0.3 is 0 Å². The summed E-state index contributed by atoms with van der Waals surface area (Å²) in [5.41, 5.74) is 2.03. The Balaban J connectivity index is 1.62. The van der Waals surface area contributed by atoms with Gasteiger partial charge in [-0.15, -0.1) is 0 Å². The largest absolute Gasteiger partial charge is 0.396 e. The fourth-order valence-corrected chi connectivity index (χ4v) is 3.10. The van der Waals surface area contributed by atoms with Gasteiger partial charge in [-0.2, -0.15) is 15.4 Å². The number of benzene rings is 1. The molecule has 0 aliphatic heterocycles. The van der Waals surface area contributed by atoms with Crippen LogP contribution in [-0.2, 0) is 0 Å². The maximum Gasteiger partial charge on any atom is 0.251 e. The van der Waals surface area contributed by atoms with Gasteiger partial charge in [-0.3, -0.25) is 4.79 Å². The molecule has 0 radical (unpaired) electrons. The number of aliphatic hydroxyl groups is 1. The topological polar surface area (TPSA) is 90.9 Å². The van der Waals surface area contributed by atoms with Crippen LogP contribution in [-0.4, -0.2) is 39.6 Å². The van der Waals surface area contributed by atoms with Gasteiger partial charge < -0.3 is 10.4 Å². The molecule has 2 aromatic rings. The van der Waals surface area contributed by atoms with Crippen LogP contribution in [0.5, 0.6) is 0 Å². The summed E-state index contributed by atoms with van der Waals surface area (Å²) in [5.74, 6) is 0.600. The zero-order valence-corrected chi connectivity index (χ0v) is 11.9. The molecule has 1 amide bonds. The zero-order valence-electron chi connectivity index (χ0n) is 11.9. The summed E-state index contributed by atoms with van der Waals surface area (Å²) in [6.07, 6.45) is 4.50. The lowest BCUT2D eigenvalue weighted by atomic mass is 9.79. The van der Waals surface area contributed by atoms with Crippen LogP contribution in [0.4, 0.5) is 0 Å². The molecule has 6 nitrogen and oxygen atoms in total. The van der Waals surface area contributed by atoms with Gasteiger partial charge in [0.05, 0.1) is 0 Å². The molecule has 1 saturated carbocycles. The summed E-state index contributed by atoms with van der Waals surface area (Å²) in [6, 6.07) is 5.27. The predicted octanol–water partition coefficient (Wildman–Crippen LogP) is 1.49. The van der Waals surface area contributed by atoms with Crippen molar-refractivity contribution in [1.82, 2.24) is 20.7 Å². The van der Waals surface area contributed by atoms with Crippen LogP contribution in [0.15, 0.2) is 18.2 Å². The van der Waals surface area contributed by atoms with Crippen LogP contribution >= 0.6 is 0 Å². The average Bonchev–Trinajstić information content (AvgIpc) is 3.00. The van der Waals surface area contributed by atoms with Gasteiger partial charge in [0.25, 0.3) is 5.91 Å². The van der Waals surface area contributed by atoms with Gasteiger partial charge in [-0.05, 0) is 42.9 Å². The Morgan fingerprint density at radius 2 is 2.00 bits per heavy atom. The second-order valence-corrected chi connectivity index (χ2v) is 5.72. The highest BCUT2D eigenvalue weighted by atomic mass is 16.3. The predicted molar refractivity (Wildman–Crippen MR) is 78.8 cm³/mol. The zero-order chi connectivity index (χ0) is 14.7. The third-order valence-corrected chi connectivity index (χ3v) is 4.40. The minimum Gasteiger partial charge on any atom is -0.396 e. The first-order chi connectivity index (χ1) is 10.3. The van der Waals surface area contributed by atoms with Crippen LogP contribution in [0.25, 0.3) is 11.0 Å². The number of hydrogen-bond acceptors (Lipinski definition) is 4. The first kappa shape index (κ1) is 14.0. The average molecular weight is 288 g/mol. The number of fused-ring (bicyclic) bond motifs is 1. The maximum absolute atomic E-state index is 12.2. The third-order valence-electron chi connectivity index (χ3n) is 4.40. The molecule has 0 spiro atoms. The molecule has 1 aromatic carbocycles. The van der Waals surface area contributed by atoms with E-state index in [4.69, 9.17) is 0 Å². The lowest BCUT2D eigenvalue weighted by molar-refractivity contribution is 0.0909. The van der Waals surface area contributed by atoms with Crippen molar-refractivity contribution in [3.8, 4) is 0 Å². The Labute approximate surface area is 122 Å². The number of rotatable bonds is 4. The SMILES string of the molecule is O=C(NCC1CCCCC1CO)c1ccc2n[nH]nc2c1. The molecule has 2 unspecified atom stereocenters. The number of carbonyl (C=O) groups is 1. The van der Waals surface area contributed by atoms with Gasteiger partial charge in [-0.25, -0.2) is 0 Å². The molecule has 1 heterocycles. The summed E-state index contributed by atoms with van der Waals surface area (Å²) in [5, 5.41) is 22.9. The first-order valence-corrected chi connectivity index (χ1v) is 7.47. The number of nitrogens with zero attached hydrogens (tertiary/aromatic N) is 2. The van der Waals surface area contributed by atoms with Gasteiger partial charge in [-0.1, -0.05) is 12.8 Å². The van der Waals surface area contributed by atoms with E-state index in [1.54, 1.807) is 18.2 Å². The van der Waals surface area contributed by atoms with Crippen LogP contribution in [0.3, 0.4) is 0 Å². The molecule has 0 bridgehead atoms. The van der Waals surface area contributed by atoms with Crippen LogP contribution < -0.4 is 5.32 Å². The van der Waals surface area contributed by atoms with E-state index in [1.807, 2.05) is 0 Å². The number of aromatic nitrogens is 3. The lowest BCUT2D eigenvalue weighted by Crippen LogP contribution is -2.35. The van der Waals surface area contributed by atoms with Gasteiger partial charge in [0.15, 0.2) is 0 Å². The van der Waals surface area contributed by atoms with Crippen molar-refractivity contribution < 1.29 is 9.90 Å². The Morgan fingerprint density at radius 1 is 1.24 bits per heavy atom. The van der Waals surface area contributed by atoms with E-state index in [0.29, 0.717) is 29.5 Å². The Hall–Kier alpha value is -1.95. The molecule has 3 rings (SSSR count). The minimum atomic E-state index is -0.0952. The number of aromatic amines is 1. The fourth-order valence-electron chi connectivity index (χ4n) is 3.10. The van der Waals surface area contributed by atoms with Gasteiger partial charge in [0, 0.05) is 18.7 Å². The summed E-state index contributed by atoms with van der Waals surface area (Å²) in [7, 11) is 0. The first-order valence-electron chi connectivity index (χ1n) is 7.47. The molecule has 21 heavy (non-hydrogen) atoms. The van der Waals surface area contributed by atoms with Crippen molar-refractivity contribution in [2.24, 2.45) is 11.8 Å². The summed E-state index contributed by atoms with van der Waals surface area (Å²) >= 11 is 0. The summed E-state index contributed by atoms with van der Waals surface area (Å²) < 4.78 is 0. The highest BCUT2D eigenvalue weighted by Gasteiger charge is 2.24. The van der Waals surface area contributed by atoms with E-state index in [-0.39, 0.29) is 12.5 Å². The van der Waals surface area contributed by atoms with E-state index in [1.165, 1.54) is 12.8 Å². The highest BCUT2D eigenvalue weighted by molar-refractivity contribution is 5.97. The summed E-state index contributed by atoms with van der Waals surface area (Å²) in [4.78, 5) is 12.2.